The van der Waals surface area contributed by atoms with E-state index in [1.165, 1.54) is 19.1 Å². The molecule has 27 heavy (non-hydrogen) atoms. The maximum Gasteiger partial charge on any atom is 0.263 e. The summed E-state index contributed by atoms with van der Waals surface area (Å²) in [6, 6.07) is 11.0. The second kappa shape index (κ2) is 7.37. The summed E-state index contributed by atoms with van der Waals surface area (Å²) in [4.78, 5) is 27.4. The molecule has 0 atom stereocenters. The fourth-order valence-electron chi connectivity index (χ4n) is 2.49. The van der Waals surface area contributed by atoms with E-state index in [1.54, 1.807) is 30.3 Å². The molecule has 1 heterocycles. The number of nitrogens with one attached hydrogen (secondary N) is 3. The fraction of sp³-hybridized carbons (Fsp3) is 0.118. The SMILES string of the molecule is CC(=O)Nc1ccc(NC(=O)CN=C2NS(=O)(=O)c3ccccc32)c(Cl)c1. The Balaban J connectivity index is 1.71. The molecular formula is C17H15ClN4O4S. The zero-order valence-corrected chi connectivity index (χ0v) is 15.7. The second-order valence-electron chi connectivity index (χ2n) is 5.69. The molecule has 0 fully saturated rings. The first kappa shape index (κ1) is 18.9. The van der Waals surface area contributed by atoms with Crippen LogP contribution in [-0.2, 0) is 19.6 Å². The Hall–Kier alpha value is -2.91. The molecule has 1 aliphatic heterocycles. The highest BCUT2D eigenvalue weighted by molar-refractivity contribution is 7.90. The lowest BCUT2D eigenvalue weighted by Gasteiger charge is -2.08. The van der Waals surface area contributed by atoms with Crippen LogP contribution in [0.1, 0.15) is 12.5 Å². The number of amides is 2. The van der Waals surface area contributed by atoms with Crippen LogP contribution in [0.3, 0.4) is 0 Å². The van der Waals surface area contributed by atoms with E-state index in [2.05, 4.69) is 20.3 Å². The van der Waals surface area contributed by atoms with Crippen LogP contribution in [0.15, 0.2) is 52.4 Å². The van der Waals surface area contributed by atoms with Gasteiger partial charge in [-0.25, -0.2) is 8.42 Å². The number of aliphatic imine (C=N–C) groups is 1. The molecule has 8 nitrogen and oxygen atoms in total. The van der Waals surface area contributed by atoms with Crippen LogP contribution in [0.4, 0.5) is 11.4 Å². The summed E-state index contributed by atoms with van der Waals surface area (Å²) in [5.74, 6) is -0.592. The summed E-state index contributed by atoms with van der Waals surface area (Å²) in [6.45, 7) is 1.08. The minimum Gasteiger partial charge on any atom is -0.326 e. The van der Waals surface area contributed by atoms with Gasteiger partial charge in [-0.15, -0.1) is 0 Å². The smallest absolute Gasteiger partial charge is 0.263 e. The molecule has 140 valence electrons. The van der Waals surface area contributed by atoms with Crippen molar-refractivity contribution in [3.05, 3.63) is 53.1 Å². The van der Waals surface area contributed by atoms with E-state index in [1.807, 2.05) is 0 Å². The molecule has 10 heteroatoms. The number of anilines is 2. The van der Waals surface area contributed by atoms with E-state index in [4.69, 9.17) is 11.6 Å². The molecule has 0 saturated carbocycles. The third kappa shape index (κ3) is 4.26. The molecule has 0 aliphatic carbocycles. The molecular weight excluding hydrogens is 392 g/mol. The molecule has 2 aromatic rings. The Bertz CT molecular complexity index is 1070. The average Bonchev–Trinajstić information content (AvgIpc) is 2.86. The lowest BCUT2D eigenvalue weighted by atomic mass is 10.2. The Kier molecular flexibility index (Phi) is 5.15. The van der Waals surface area contributed by atoms with Crippen LogP contribution in [0, 0.1) is 0 Å². The maximum atomic E-state index is 12.1. The van der Waals surface area contributed by atoms with Gasteiger partial charge < -0.3 is 10.6 Å². The third-order valence-corrected chi connectivity index (χ3v) is 5.32. The van der Waals surface area contributed by atoms with Crippen molar-refractivity contribution in [3.8, 4) is 0 Å². The number of rotatable bonds is 4. The minimum absolute atomic E-state index is 0.118. The molecule has 0 saturated heterocycles. The van der Waals surface area contributed by atoms with Gasteiger partial charge in [0.25, 0.3) is 10.0 Å². The van der Waals surface area contributed by atoms with Crippen LogP contribution >= 0.6 is 11.6 Å². The molecule has 2 aromatic carbocycles. The van der Waals surface area contributed by atoms with Crippen molar-refractivity contribution in [1.82, 2.24) is 4.72 Å². The highest BCUT2D eigenvalue weighted by Crippen LogP contribution is 2.26. The number of carbonyl (C=O) groups excluding carboxylic acids is 2. The summed E-state index contributed by atoms with van der Waals surface area (Å²) in [7, 11) is -3.65. The summed E-state index contributed by atoms with van der Waals surface area (Å²) >= 11 is 6.10. The molecule has 2 amide bonds. The van der Waals surface area contributed by atoms with E-state index in [9.17, 15) is 18.0 Å². The Morgan fingerprint density at radius 3 is 2.59 bits per heavy atom. The lowest BCUT2D eigenvalue weighted by Crippen LogP contribution is -2.24. The van der Waals surface area contributed by atoms with Gasteiger partial charge in [0.15, 0.2) is 0 Å². The zero-order valence-electron chi connectivity index (χ0n) is 14.1. The fourth-order valence-corrected chi connectivity index (χ4v) is 3.97. The predicted molar refractivity (Wildman–Crippen MR) is 103 cm³/mol. The number of halogens is 1. The number of amidine groups is 1. The van der Waals surface area contributed by atoms with E-state index in [0.29, 0.717) is 16.9 Å². The Labute approximate surface area is 160 Å². The van der Waals surface area contributed by atoms with Gasteiger partial charge in [-0.2, -0.15) is 0 Å². The highest BCUT2D eigenvalue weighted by atomic mass is 35.5. The zero-order chi connectivity index (χ0) is 19.6. The monoisotopic (exact) mass is 406 g/mol. The molecule has 0 radical (unpaired) electrons. The molecule has 0 bridgehead atoms. The molecule has 0 aromatic heterocycles. The Morgan fingerprint density at radius 1 is 1.15 bits per heavy atom. The van der Waals surface area contributed by atoms with Crippen molar-refractivity contribution >= 4 is 50.6 Å². The lowest BCUT2D eigenvalue weighted by molar-refractivity contribution is -0.115. The van der Waals surface area contributed by atoms with Crippen molar-refractivity contribution in [3.63, 3.8) is 0 Å². The predicted octanol–water partition coefficient (Wildman–Crippen LogP) is 1.98. The number of sulfonamides is 1. The van der Waals surface area contributed by atoms with E-state index in [-0.39, 0.29) is 28.2 Å². The Morgan fingerprint density at radius 2 is 1.89 bits per heavy atom. The van der Waals surface area contributed by atoms with Crippen LogP contribution in [0.25, 0.3) is 0 Å². The van der Waals surface area contributed by atoms with Crippen molar-refractivity contribution in [2.75, 3.05) is 17.2 Å². The number of hydrogen-bond acceptors (Lipinski definition) is 5. The number of carbonyl (C=O) groups is 2. The van der Waals surface area contributed by atoms with Crippen LogP contribution < -0.4 is 15.4 Å². The summed E-state index contributed by atoms with van der Waals surface area (Å²) < 4.78 is 26.4. The summed E-state index contributed by atoms with van der Waals surface area (Å²) in [5.41, 5.74) is 1.27. The molecule has 3 N–H and O–H groups in total. The van der Waals surface area contributed by atoms with Crippen molar-refractivity contribution in [2.45, 2.75) is 11.8 Å². The van der Waals surface area contributed by atoms with Gasteiger partial charge in [-0.3, -0.25) is 19.3 Å². The van der Waals surface area contributed by atoms with Gasteiger partial charge in [0, 0.05) is 18.2 Å². The van der Waals surface area contributed by atoms with Crippen LogP contribution in [0.5, 0.6) is 0 Å². The quantitative estimate of drug-likeness (QED) is 0.719. The van der Waals surface area contributed by atoms with Crippen molar-refractivity contribution < 1.29 is 18.0 Å². The molecule has 3 rings (SSSR count). The summed E-state index contributed by atoms with van der Waals surface area (Å²) in [6.07, 6.45) is 0. The summed E-state index contributed by atoms with van der Waals surface area (Å²) in [5, 5.41) is 5.42. The van der Waals surface area contributed by atoms with E-state index in [0.717, 1.165) is 0 Å². The number of nitrogens with zero attached hydrogens (tertiary/aromatic N) is 1. The van der Waals surface area contributed by atoms with E-state index >= 15 is 0 Å². The molecule has 0 spiro atoms. The maximum absolute atomic E-state index is 12.1. The molecule has 0 unspecified atom stereocenters. The largest absolute Gasteiger partial charge is 0.326 e. The number of benzene rings is 2. The third-order valence-electron chi connectivity index (χ3n) is 3.61. The first-order valence-electron chi connectivity index (χ1n) is 7.80. The molecule has 1 aliphatic rings. The average molecular weight is 407 g/mol. The van der Waals surface area contributed by atoms with Gasteiger partial charge in [0.2, 0.25) is 11.8 Å². The highest BCUT2D eigenvalue weighted by Gasteiger charge is 2.30. The topological polar surface area (TPSA) is 117 Å². The van der Waals surface area contributed by atoms with Crippen molar-refractivity contribution in [1.29, 1.82) is 0 Å². The normalized spacial score (nSPS) is 15.7. The van der Waals surface area contributed by atoms with Crippen LogP contribution in [-0.4, -0.2) is 32.6 Å². The van der Waals surface area contributed by atoms with Gasteiger partial charge in [0.1, 0.15) is 12.4 Å². The van der Waals surface area contributed by atoms with E-state index < -0.39 is 15.9 Å². The minimum atomic E-state index is -3.65. The van der Waals surface area contributed by atoms with Gasteiger partial charge >= 0.3 is 0 Å². The van der Waals surface area contributed by atoms with Gasteiger partial charge in [0.05, 0.1) is 15.6 Å². The second-order valence-corrected chi connectivity index (χ2v) is 7.75. The first-order valence-corrected chi connectivity index (χ1v) is 9.66. The standard InChI is InChI=1S/C17H15ClN4O4S/c1-10(23)20-11-6-7-14(13(18)8-11)21-16(24)9-19-17-12-4-2-3-5-15(12)27(25,26)22-17/h2-8H,9H2,1H3,(H,19,22)(H,20,23)(H,21,24). The van der Waals surface area contributed by atoms with Crippen LogP contribution in [0.2, 0.25) is 5.02 Å². The number of fused-ring (bicyclic) bond motifs is 1. The van der Waals surface area contributed by atoms with Crippen molar-refractivity contribution in [2.24, 2.45) is 4.99 Å². The first-order chi connectivity index (χ1) is 12.8. The van der Waals surface area contributed by atoms with Gasteiger partial charge in [-0.05, 0) is 30.3 Å². The van der Waals surface area contributed by atoms with Gasteiger partial charge in [-0.1, -0.05) is 23.7 Å². The number of hydrogen-bond donors (Lipinski definition) is 3.